The molecule has 1 aliphatic rings. The van der Waals surface area contributed by atoms with Crippen molar-refractivity contribution in [1.82, 2.24) is 10.5 Å². The fourth-order valence-electron chi connectivity index (χ4n) is 0.639. The van der Waals surface area contributed by atoms with Crippen molar-refractivity contribution >= 4 is 17.2 Å². The van der Waals surface area contributed by atoms with Gasteiger partial charge in [-0.25, -0.2) is 15.5 Å². The molecule has 11 heavy (non-hydrogen) atoms. The van der Waals surface area contributed by atoms with Crippen molar-refractivity contribution in [2.75, 3.05) is 6.54 Å². The van der Waals surface area contributed by atoms with Crippen molar-refractivity contribution < 1.29 is 8.49 Å². The number of hydrazine groups is 1. The second kappa shape index (κ2) is 3.65. The summed E-state index contributed by atoms with van der Waals surface area (Å²) in [6, 6.07) is 0. The number of rotatable bonds is 2. The zero-order valence-electron chi connectivity index (χ0n) is 6.11. The quantitative estimate of drug-likeness (QED) is 0.420. The lowest BCUT2D eigenvalue weighted by atomic mass is 10.5. The molecule has 1 atom stereocenters. The molecule has 1 aliphatic heterocycles. The Kier molecular flexibility index (Phi) is 2.80. The molecule has 7 heteroatoms. The first-order valence-corrected chi connectivity index (χ1v) is 4.23. The Bertz CT molecular complexity index is 195. The maximum atomic E-state index is 10.5. The lowest BCUT2D eigenvalue weighted by Gasteiger charge is -2.14. The zero-order chi connectivity index (χ0) is 8.27. The zero-order valence-corrected chi connectivity index (χ0v) is 6.93. The first-order chi connectivity index (χ1) is 5.24. The molecule has 0 aromatic rings. The molecule has 3 N–H and O–H groups in total. The van der Waals surface area contributed by atoms with E-state index in [9.17, 15) is 4.21 Å². The van der Waals surface area contributed by atoms with Crippen molar-refractivity contribution in [3.63, 3.8) is 0 Å². The van der Waals surface area contributed by atoms with Crippen molar-refractivity contribution in [1.29, 1.82) is 0 Å². The first kappa shape index (κ1) is 8.44. The van der Waals surface area contributed by atoms with Crippen LogP contribution in [0, 0.1) is 0 Å². The molecule has 0 saturated carbocycles. The lowest BCUT2D eigenvalue weighted by molar-refractivity contribution is 0.276. The number of hydrogen-bond acceptors (Lipinski definition) is 5. The number of guanidine groups is 1. The van der Waals surface area contributed by atoms with Gasteiger partial charge in [-0.1, -0.05) is 6.92 Å². The van der Waals surface area contributed by atoms with Crippen LogP contribution in [0.15, 0.2) is 4.40 Å². The minimum atomic E-state index is -1.62. The molecule has 0 fully saturated rings. The third-order valence-corrected chi connectivity index (χ3v) is 1.65. The van der Waals surface area contributed by atoms with E-state index >= 15 is 0 Å². The van der Waals surface area contributed by atoms with Gasteiger partial charge in [0, 0.05) is 6.54 Å². The Hall–Kier alpha value is -0.660. The van der Waals surface area contributed by atoms with Gasteiger partial charge in [0.25, 0.3) is 0 Å². The fourth-order valence-corrected chi connectivity index (χ4v) is 1.11. The van der Waals surface area contributed by atoms with Crippen molar-refractivity contribution in [3.8, 4) is 0 Å². The monoisotopic (exact) mass is 178 g/mol. The Labute approximate surface area is 67.1 Å². The highest BCUT2D eigenvalue weighted by molar-refractivity contribution is 7.79. The van der Waals surface area contributed by atoms with Gasteiger partial charge < -0.3 is 0 Å². The van der Waals surface area contributed by atoms with E-state index in [4.69, 9.17) is 5.84 Å². The van der Waals surface area contributed by atoms with Crippen LogP contribution >= 0.6 is 0 Å². The molecule has 0 aromatic heterocycles. The van der Waals surface area contributed by atoms with E-state index in [2.05, 4.69) is 14.2 Å². The van der Waals surface area contributed by atoms with Gasteiger partial charge in [-0.15, -0.1) is 4.40 Å². The van der Waals surface area contributed by atoms with Gasteiger partial charge in [0.2, 0.25) is 5.96 Å². The van der Waals surface area contributed by atoms with Crippen molar-refractivity contribution in [2.24, 2.45) is 10.2 Å². The molecule has 1 rings (SSSR count). The SMILES string of the molecule is CCCN(N)C1=NS(=O)ON1. The summed E-state index contributed by atoms with van der Waals surface area (Å²) in [6.45, 7) is 2.62. The molecule has 0 aliphatic carbocycles. The maximum absolute atomic E-state index is 10.5. The van der Waals surface area contributed by atoms with Crippen LogP contribution in [0.3, 0.4) is 0 Å². The molecule has 1 unspecified atom stereocenters. The van der Waals surface area contributed by atoms with Gasteiger partial charge in [-0.2, -0.15) is 4.28 Å². The topological polar surface area (TPSA) is 80.0 Å². The van der Waals surface area contributed by atoms with Crippen LogP contribution in [0.4, 0.5) is 0 Å². The van der Waals surface area contributed by atoms with E-state index in [1.165, 1.54) is 5.01 Å². The molecular weight excluding hydrogens is 168 g/mol. The standard InChI is InChI=1S/C4H10N4O2S/c1-2-3-8(5)4-6-10-11(9)7-4/h2-3,5H2,1H3,(H,6,7). The van der Waals surface area contributed by atoms with Crippen LogP contribution in [0.1, 0.15) is 13.3 Å². The highest BCUT2D eigenvalue weighted by atomic mass is 32.2. The van der Waals surface area contributed by atoms with E-state index in [0.29, 0.717) is 12.5 Å². The minimum absolute atomic E-state index is 0.310. The van der Waals surface area contributed by atoms with E-state index in [0.717, 1.165) is 6.42 Å². The summed E-state index contributed by atoms with van der Waals surface area (Å²) in [6.07, 6.45) is 0.893. The van der Waals surface area contributed by atoms with Crippen molar-refractivity contribution in [2.45, 2.75) is 13.3 Å². The summed E-state index contributed by atoms with van der Waals surface area (Å²) >= 11 is -1.62. The van der Waals surface area contributed by atoms with E-state index in [1.807, 2.05) is 6.92 Å². The van der Waals surface area contributed by atoms with Crippen LogP contribution in [-0.2, 0) is 15.6 Å². The van der Waals surface area contributed by atoms with Crippen LogP contribution in [-0.4, -0.2) is 21.7 Å². The molecular formula is C4H10N4O2S. The van der Waals surface area contributed by atoms with Crippen LogP contribution < -0.4 is 11.3 Å². The molecule has 0 spiro atoms. The number of nitrogens with one attached hydrogen (secondary N) is 1. The molecule has 64 valence electrons. The van der Waals surface area contributed by atoms with Crippen LogP contribution in [0.2, 0.25) is 0 Å². The fraction of sp³-hybridized carbons (Fsp3) is 0.750. The van der Waals surface area contributed by atoms with Gasteiger partial charge in [-0.05, 0) is 6.42 Å². The second-order valence-electron chi connectivity index (χ2n) is 2.01. The summed E-state index contributed by atoms with van der Waals surface area (Å²) in [5.41, 5.74) is 2.34. The molecule has 1 heterocycles. The Morgan fingerprint density at radius 1 is 1.91 bits per heavy atom. The van der Waals surface area contributed by atoms with Gasteiger partial charge >= 0.3 is 11.3 Å². The largest absolute Gasteiger partial charge is 0.310 e. The summed E-state index contributed by atoms with van der Waals surface area (Å²) in [7, 11) is 0. The third kappa shape index (κ3) is 2.14. The van der Waals surface area contributed by atoms with Gasteiger partial charge in [-0.3, -0.25) is 5.01 Å². The molecule has 0 radical (unpaired) electrons. The smallest absolute Gasteiger partial charge is 0.278 e. The summed E-state index contributed by atoms with van der Waals surface area (Å²) in [5.74, 6) is 5.79. The summed E-state index contributed by atoms with van der Waals surface area (Å²) in [4.78, 5) is 0. The second-order valence-corrected chi connectivity index (χ2v) is 2.79. The third-order valence-electron chi connectivity index (χ3n) is 1.10. The summed E-state index contributed by atoms with van der Waals surface area (Å²) in [5, 5.41) is 1.35. The molecule has 0 saturated heterocycles. The maximum Gasteiger partial charge on any atom is 0.310 e. The average molecular weight is 178 g/mol. The molecule has 0 aromatic carbocycles. The summed E-state index contributed by atoms with van der Waals surface area (Å²) < 4.78 is 18.5. The Morgan fingerprint density at radius 2 is 2.64 bits per heavy atom. The number of nitrogens with two attached hydrogens (primary N) is 1. The van der Waals surface area contributed by atoms with Gasteiger partial charge in [0.1, 0.15) is 0 Å². The minimum Gasteiger partial charge on any atom is -0.278 e. The van der Waals surface area contributed by atoms with Gasteiger partial charge in [0.05, 0.1) is 0 Å². The highest BCUT2D eigenvalue weighted by Crippen LogP contribution is 1.97. The van der Waals surface area contributed by atoms with Crippen LogP contribution in [0.25, 0.3) is 0 Å². The van der Waals surface area contributed by atoms with Crippen LogP contribution in [0.5, 0.6) is 0 Å². The van der Waals surface area contributed by atoms with Crippen molar-refractivity contribution in [3.05, 3.63) is 0 Å². The highest BCUT2D eigenvalue weighted by Gasteiger charge is 2.16. The lowest BCUT2D eigenvalue weighted by Crippen LogP contribution is -2.43. The number of nitrogens with zero attached hydrogens (tertiary/aromatic N) is 2. The Morgan fingerprint density at radius 3 is 3.09 bits per heavy atom. The van der Waals surface area contributed by atoms with E-state index < -0.39 is 11.3 Å². The van der Waals surface area contributed by atoms with E-state index in [1.54, 1.807) is 0 Å². The Balaban J connectivity index is 2.47. The first-order valence-electron chi connectivity index (χ1n) is 3.20. The predicted octanol–water partition coefficient (Wildman–Crippen LogP) is -0.958. The number of hydrogen-bond donors (Lipinski definition) is 2. The van der Waals surface area contributed by atoms with Gasteiger partial charge in [0.15, 0.2) is 0 Å². The molecule has 0 bridgehead atoms. The van der Waals surface area contributed by atoms with E-state index in [-0.39, 0.29) is 0 Å². The normalized spacial score (nSPS) is 22.7. The number of hydroxylamine groups is 1. The average Bonchev–Trinajstić information content (AvgIpc) is 2.36. The molecule has 6 nitrogen and oxygen atoms in total. The molecule has 0 amide bonds. The predicted molar refractivity (Wildman–Crippen MR) is 41.0 cm³/mol.